The molecule has 0 aliphatic rings. The average Bonchev–Trinajstić information content (AvgIpc) is 2.35. The van der Waals surface area contributed by atoms with Crippen LogP contribution in [0.2, 0.25) is 0 Å². The first-order valence-electron chi connectivity index (χ1n) is 4.78. The molecule has 1 heterocycles. The molecule has 0 atom stereocenters. The first kappa shape index (κ1) is 11.2. The third kappa shape index (κ3) is 2.13. The second-order valence-electron chi connectivity index (χ2n) is 3.46. The van der Waals surface area contributed by atoms with Gasteiger partial charge in [0.15, 0.2) is 17.9 Å². The van der Waals surface area contributed by atoms with Crippen LogP contribution in [0.3, 0.4) is 0 Å². The van der Waals surface area contributed by atoms with Gasteiger partial charge < -0.3 is 5.73 Å². The van der Waals surface area contributed by atoms with E-state index < -0.39 is 11.6 Å². The van der Waals surface area contributed by atoms with Crippen molar-refractivity contribution >= 4 is 12.0 Å². The van der Waals surface area contributed by atoms with Crippen LogP contribution in [0, 0.1) is 11.6 Å². The number of benzene rings is 1. The summed E-state index contributed by atoms with van der Waals surface area (Å²) in [5, 5.41) is 0. The molecule has 0 bridgehead atoms. The monoisotopic (exact) mass is 234 g/mol. The maximum Gasteiger partial charge on any atom is 0.181 e. The van der Waals surface area contributed by atoms with E-state index in [0.29, 0.717) is 23.1 Å². The summed E-state index contributed by atoms with van der Waals surface area (Å²) in [5.41, 5.74) is 6.22. The van der Waals surface area contributed by atoms with Crippen molar-refractivity contribution in [2.24, 2.45) is 0 Å². The maximum absolute atomic E-state index is 13.1. The predicted octanol–water partition coefficient (Wildman–Crippen LogP) is 2.42. The van der Waals surface area contributed by atoms with Crippen LogP contribution in [-0.4, -0.2) is 11.3 Å². The minimum Gasteiger partial charge on any atom is -0.396 e. The lowest BCUT2D eigenvalue weighted by Crippen LogP contribution is -1.96. The van der Waals surface area contributed by atoms with Gasteiger partial charge in [-0.2, -0.15) is 0 Å². The number of rotatable bonds is 2. The molecule has 86 valence electrons. The number of hydrogen-bond acceptors (Lipinski definition) is 3. The van der Waals surface area contributed by atoms with E-state index in [1.807, 2.05) is 0 Å². The Kier molecular flexibility index (Phi) is 2.82. The second kappa shape index (κ2) is 4.29. The van der Waals surface area contributed by atoms with Crippen LogP contribution in [0.5, 0.6) is 0 Å². The summed E-state index contributed by atoms with van der Waals surface area (Å²) >= 11 is 0. The number of hydrogen-bond donors (Lipinski definition) is 1. The quantitative estimate of drug-likeness (QED) is 0.641. The molecular weight excluding hydrogens is 226 g/mol. The van der Waals surface area contributed by atoms with Gasteiger partial charge in [-0.3, -0.25) is 9.78 Å². The molecule has 0 unspecified atom stereocenters. The molecule has 0 saturated heterocycles. The molecule has 5 heteroatoms. The standard InChI is InChI=1S/C12H8F2N2O/c13-9-3-8(4-10(15)12(9)14)11-2-1-7(6-17)5-16-11/h1-6H,15H2. The lowest BCUT2D eigenvalue weighted by atomic mass is 10.1. The predicted molar refractivity (Wildman–Crippen MR) is 59.4 cm³/mol. The molecule has 1 aromatic heterocycles. The van der Waals surface area contributed by atoms with Gasteiger partial charge in [0, 0.05) is 17.3 Å². The zero-order chi connectivity index (χ0) is 12.4. The van der Waals surface area contributed by atoms with Crippen LogP contribution in [0.1, 0.15) is 10.4 Å². The highest BCUT2D eigenvalue weighted by Crippen LogP contribution is 2.24. The Morgan fingerprint density at radius 3 is 2.53 bits per heavy atom. The number of halogens is 2. The van der Waals surface area contributed by atoms with Crippen LogP contribution in [-0.2, 0) is 0 Å². The smallest absolute Gasteiger partial charge is 0.181 e. The Morgan fingerprint density at radius 2 is 2.00 bits per heavy atom. The van der Waals surface area contributed by atoms with Crippen molar-refractivity contribution in [1.29, 1.82) is 0 Å². The van der Waals surface area contributed by atoms with E-state index in [0.717, 1.165) is 6.07 Å². The van der Waals surface area contributed by atoms with Crippen molar-refractivity contribution < 1.29 is 13.6 Å². The fraction of sp³-hybridized carbons (Fsp3) is 0. The molecule has 0 radical (unpaired) electrons. The largest absolute Gasteiger partial charge is 0.396 e. The van der Waals surface area contributed by atoms with Crippen molar-refractivity contribution in [1.82, 2.24) is 4.98 Å². The molecule has 0 aliphatic heterocycles. The van der Waals surface area contributed by atoms with E-state index in [1.165, 1.54) is 24.4 Å². The van der Waals surface area contributed by atoms with Crippen LogP contribution < -0.4 is 5.73 Å². The summed E-state index contributed by atoms with van der Waals surface area (Å²) < 4.78 is 26.1. The Hall–Kier alpha value is -2.30. The van der Waals surface area contributed by atoms with Gasteiger partial charge in [0.05, 0.1) is 11.4 Å². The van der Waals surface area contributed by atoms with Gasteiger partial charge >= 0.3 is 0 Å². The van der Waals surface area contributed by atoms with Gasteiger partial charge in [0.2, 0.25) is 0 Å². The normalized spacial score (nSPS) is 10.2. The summed E-state index contributed by atoms with van der Waals surface area (Å²) in [6.45, 7) is 0. The Balaban J connectivity index is 2.49. The Bertz CT molecular complexity index is 544. The maximum atomic E-state index is 13.1. The molecule has 1 aromatic carbocycles. The number of nitrogen functional groups attached to an aromatic ring is 1. The van der Waals surface area contributed by atoms with Gasteiger partial charge in [0.25, 0.3) is 0 Å². The van der Waals surface area contributed by atoms with Gasteiger partial charge in [0.1, 0.15) is 0 Å². The number of carbonyl (C=O) groups excluding carboxylic acids is 1. The number of nitrogens with two attached hydrogens (primary N) is 1. The fourth-order valence-electron chi connectivity index (χ4n) is 1.40. The SMILES string of the molecule is Nc1cc(-c2ccc(C=O)cn2)cc(F)c1F. The zero-order valence-electron chi connectivity index (χ0n) is 8.65. The van der Waals surface area contributed by atoms with E-state index in [4.69, 9.17) is 5.73 Å². The summed E-state index contributed by atoms with van der Waals surface area (Å²) in [5.74, 6) is -2.10. The summed E-state index contributed by atoms with van der Waals surface area (Å²) in [6.07, 6.45) is 2.00. The highest BCUT2D eigenvalue weighted by molar-refractivity contribution is 5.75. The van der Waals surface area contributed by atoms with Gasteiger partial charge in [-0.05, 0) is 24.3 Å². The third-order valence-electron chi connectivity index (χ3n) is 2.27. The van der Waals surface area contributed by atoms with E-state index in [-0.39, 0.29) is 5.69 Å². The van der Waals surface area contributed by atoms with Crippen LogP contribution in [0.25, 0.3) is 11.3 Å². The minimum absolute atomic E-state index is 0.277. The minimum atomic E-state index is -1.07. The molecule has 2 aromatic rings. The van der Waals surface area contributed by atoms with E-state index in [9.17, 15) is 13.6 Å². The Morgan fingerprint density at radius 1 is 1.24 bits per heavy atom. The molecule has 0 spiro atoms. The first-order valence-corrected chi connectivity index (χ1v) is 4.78. The van der Waals surface area contributed by atoms with Gasteiger partial charge in [-0.1, -0.05) is 0 Å². The van der Waals surface area contributed by atoms with Crippen molar-refractivity contribution in [3.63, 3.8) is 0 Å². The molecule has 3 nitrogen and oxygen atoms in total. The molecule has 0 saturated carbocycles. The molecule has 2 rings (SSSR count). The lowest BCUT2D eigenvalue weighted by molar-refractivity contribution is 0.112. The molecule has 0 fully saturated rings. The topological polar surface area (TPSA) is 56.0 Å². The van der Waals surface area contributed by atoms with E-state index in [2.05, 4.69) is 4.98 Å². The van der Waals surface area contributed by atoms with Crippen molar-refractivity contribution in [2.45, 2.75) is 0 Å². The number of aromatic nitrogens is 1. The highest BCUT2D eigenvalue weighted by Gasteiger charge is 2.10. The second-order valence-corrected chi connectivity index (χ2v) is 3.46. The Labute approximate surface area is 95.9 Å². The number of aldehydes is 1. The third-order valence-corrected chi connectivity index (χ3v) is 2.27. The van der Waals surface area contributed by atoms with E-state index in [1.54, 1.807) is 0 Å². The molecule has 2 N–H and O–H groups in total. The van der Waals surface area contributed by atoms with Crippen LogP contribution >= 0.6 is 0 Å². The van der Waals surface area contributed by atoms with E-state index >= 15 is 0 Å². The number of nitrogens with zero attached hydrogens (tertiary/aromatic N) is 1. The summed E-state index contributed by atoms with van der Waals surface area (Å²) in [6, 6.07) is 5.37. The summed E-state index contributed by atoms with van der Waals surface area (Å²) in [4.78, 5) is 14.4. The van der Waals surface area contributed by atoms with Crippen LogP contribution in [0.15, 0.2) is 30.5 Å². The number of pyridine rings is 1. The lowest BCUT2D eigenvalue weighted by Gasteiger charge is -2.04. The highest BCUT2D eigenvalue weighted by atomic mass is 19.2. The zero-order valence-corrected chi connectivity index (χ0v) is 8.65. The van der Waals surface area contributed by atoms with Crippen molar-refractivity contribution in [3.8, 4) is 11.3 Å². The van der Waals surface area contributed by atoms with Crippen molar-refractivity contribution in [3.05, 3.63) is 47.7 Å². The van der Waals surface area contributed by atoms with Crippen molar-refractivity contribution in [2.75, 3.05) is 5.73 Å². The molecule has 0 amide bonds. The number of anilines is 1. The summed E-state index contributed by atoms with van der Waals surface area (Å²) in [7, 11) is 0. The molecule has 17 heavy (non-hydrogen) atoms. The fourth-order valence-corrected chi connectivity index (χ4v) is 1.40. The van der Waals surface area contributed by atoms with Gasteiger partial charge in [-0.15, -0.1) is 0 Å². The molecule has 0 aliphatic carbocycles. The number of carbonyl (C=O) groups is 1. The molecular formula is C12H8F2N2O. The first-order chi connectivity index (χ1) is 8.11. The van der Waals surface area contributed by atoms with Gasteiger partial charge in [-0.25, -0.2) is 8.78 Å². The van der Waals surface area contributed by atoms with Crippen LogP contribution in [0.4, 0.5) is 14.5 Å². The average molecular weight is 234 g/mol.